The molecule has 1 aliphatic carbocycles. The van der Waals surface area contributed by atoms with Gasteiger partial charge in [-0.05, 0) is 60.2 Å². The average Bonchev–Trinajstić information content (AvgIpc) is 3.48. The number of aromatic nitrogens is 2. The number of nitrogens with zero attached hydrogens (tertiary/aromatic N) is 3. The summed E-state index contributed by atoms with van der Waals surface area (Å²) in [4.78, 5) is 37.8. The average molecular weight is 489 g/mol. The fourth-order valence-electron chi connectivity index (χ4n) is 6.57. The van der Waals surface area contributed by atoms with Crippen molar-refractivity contribution in [2.45, 2.75) is 51.1 Å². The van der Waals surface area contributed by atoms with Crippen LogP contribution in [-0.4, -0.2) is 26.7 Å². The molecule has 4 heterocycles. The van der Waals surface area contributed by atoms with Gasteiger partial charge in [0.1, 0.15) is 5.82 Å². The highest BCUT2D eigenvalue weighted by atomic mass is 16.2. The van der Waals surface area contributed by atoms with Gasteiger partial charge in [-0.25, -0.2) is 4.98 Å². The van der Waals surface area contributed by atoms with Gasteiger partial charge in [-0.2, -0.15) is 0 Å². The molecule has 2 aromatic heterocycles. The Morgan fingerprint density at radius 2 is 1.76 bits per heavy atom. The maximum atomic E-state index is 13.4. The highest BCUT2D eigenvalue weighted by Gasteiger charge is 2.51. The van der Waals surface area contributed by atoms with Gasteiger partial charge in [0.25, 0.3) is 0 Å². The van der Waals surface area contributed by atoms with Crippen LogP contribution in [0.3, 0.4) is 0 Å². The topological polar surface area (TPSA) is 75.2 Å². The summed E-state index contributed by atoms with van der Waals surface area (Å²) in [5.74, 6) is 0.868. The number of fused-ring (bicyclic) bond motifs is 4. The lowest BCUT2D eigenvalue weighted by atomic mass is 9.79. The largest absolute Gasteiger partial charge is 0.329 e. The third kappa shape index (κ3) is 3.31. The molecule has 2 aromatic carbocycles. The summed E-state index contributed by atoms with van der Waals surface area (Å²) in [6.45, 7) is 4.54. The van der Waals surface area contributed by atoms with Crippen molar-refractivity contribution in [2.75, 3.05) is 5.32 Å². The molecule has 1 saturated heterocycles. The molecule has 37 heavy (non-hydrogen) atoms. The second kappa shape index (κ2) is 7.72. The second-order valence-electron chi connectivity index (χ2n) is 11.4. The Labute approximate surface area is 215 Å². The summed E-state index contributed by atoms with van der Waals surface area (Å²) < 4.78 is 0. The van der Waals surface area contributed by atoms with Gasteiger partial charge in [0.05, 0.1) is 29.2 Å². The predicted molar refractivity (Wildman–Crippen MR) is 142 cm³/mol. The van der Waals surface area contributed by atoms with Crippen LogP contribution in [0.25, 0.3) is 10.9 Å². The number of carbonyl (C=O) groups is 2. The normalized spacial score (nSPS) is 23.5. The Hall–Kier alpha value is -4.06. The molecule has 2 aliphatic heterocycles. The smallest absolute Gasteiger partial charge is 0.237 e. The Kier molecular flexibility index (Phi) is 4.62. The highest BCUT2D eigenvalue weighted by Crippen LogP contribution is 2.47. The van der Waals surface area contributed by atoms with E-state index < -0.39 is 10.8 Å². The van der Waals surface area contributed by atoms with E-state index in [1.807, 2.05) is 55.1 Å². The molecule has 1 spiro atoms. The highest BCUT2D eigenvalue weighted by molar-refractivity contribution is 6.06. The SMILES string of the molecule is CC1(C)CC(c2ccccc2)N(Cc2ccc3cc4c(cc3n2)C[C@]2(C4)C(=O)Nc3ncccc32)C1=O. The standard InChI is InChI=1S/C31H28N4O2/c1-30(2)17-26(19-7-4-3-5-8-19)35(29(30)37)18-23-11-10-20-13-21-15-31(16-22(21)14-25(20)33-23)24-9-6-12-32-27(24)34-28(31)36/h3-14,26H,15-18H2,1-2H3,(H,32,34,36)/t26?,31-/m0/s1. The van der Waals surface area contributed by atoms with Gasteiger partial charge in [-0.1, -0.05) is 56.3 Å². The molecular formula is C31H28N4O2. The molecule has 1 fully saturated rings. The van der Waals surface area contributed by atoms with Crippen molar-refractivity contribution >= 4 is 28.5 Å². The number of anilines is 1. The molecule has 0 bridgehead atoms. The monoisotopic (exact) mass is 488 g/mol. The van der Waals surface area contributed by atoms with Gasteiger partial charge in [0, 0.05) is 22.6 Å². The molecule has 6 nitrogen and oxygen atoms in total. The predicted octanol–water partition coefficient (Wildman–Crippen LogP) is 5.12. The number of amides is 2. The molecule has 0 radical (unpaired) electrons. The molecule has 0 saturated carbocycles. The number of carbonyl (C=O) groups excluding carboxylic acids is 2. The molecule has 3 aliphatic rings. The lowest BCUT2D eigenvalue weighted by Gasteiger charge is -2.25. The van der Waals surface area contributed by atoms with E-state index in [-0.39, 0.29) is 17.9 Å². The van der Waals surface area contributed by atoms with Crippen molar-refractivity contribution < 1.29 is 9.59 Å². The lowest BCUT2D eigenvalue weighted by molar-refractivity contribution is -0.136. The molecule has 2 amide bonds. The number of benzene rings is 2. The van der Waals surface area contributed by atoms with E-state index >= 15 is 0 Å². The zero-order valence-corrected chi connectivity index (χ0v) is 21.0. The first-order valence-corrected chi connectivity index (χ1v) is 12.9. The fraction of sp³-hybridized carbons (Fsp3) is 0.290. The number of likely N-dealkylation sites (tertiary alicyclic amines) is 1. The maximum Gasteiger partial charge on any atom is 0.237 e. The number of nitrogens with one attached hydrogen (secondary N) is 1. The van der Waals surface area contributed by atoms with Crippen LogP contribution in [0.15, 0.2) is 72.9 Å². The van der Waals surface area contributed by atoms with Gasteiger partial charge in [0.15, 0.2) is 0 Å². The Bertz CT molecular complexity index is 1600. The zero-order valence-electron chi connectivity index (χ0n) is 21.0. The fourth-order valence-corrected chi connectivity index (χ4v) is 6.57. The number of hydrogen-bond donors (Lipinski definition) is 1. The molecule has 6 heteroatoms. The van der Waals surface area contributed by atoms with Crippen molar-refractivity contribution in [3.63, 3.8) is 0 Å². The quantitative estimate of drug-likeness (QED) is 0.434. The number of pyridine rings is 2. The van der Waals surface area contributed by atoms with Crippen LogP contribution in [0.2, 0.25) is 0 Å². The van der Waals surface area contributed by atoms with E-state index in [0.29, 0.717) is 25.2 Å². The number of hydrogen-bond acceptors (Lipinski definition) is 4. The molecule has 7 rings (SSSR count). The van der Waals surface area contributed by atoms with E-state index in [4.69, 9.17) is 4.98 Å². The van der Waals surface area contributed by atoms with Crippen LogP contribution in [0.1, 0.15) is 54.3 Å². The third-order valence-corrected chi connectivity index (χ3v) is 8.48. The second-order valence-corrected chi connectivity index (χ2v) is 11.4. The molecule has 184 valence electrons. The van der Waals surface area contributed by atoms with Gasteiger partial charge < -0.3 is 10.2 Å². The van der Waals surface area contributed by atoms with E-state index in [9.17, 15) is 9.59 Å². The van der Waals surface area contributed by atoms with Crippen molar-refractivity contribution in [1.29, 1.82) is 0 Å². The summed E-state index contributed by atoms with van der Waals surface area (Å²) in [5.41, 5.74) is 5.27. The van der Waals surface area contributed by atoms with Crippen LogP contribution < -0.4 is 5.32 Å². The van der Waals surface area contributed by atoms with Crippen molar-refractivity contribution in [2.24, 2.45) is 5.41 Å². The Balaban J connectivity index is 1.22. The van der Waals surface area contributed by atoms with Gasteiger partial charge in [-0.15, -0.1) is 0 Å². The first-order chi connectivity index (χ1) is 17.8. The molecular weight excluding hydrogens is 460 g/mol. The number of rotatable bonds is 3. The molecule has 4 aromatic rings. The van der Waals surface area contributed by atoms with Crippen LogP contribution in [0.5, 0.6) is 0 Å². The van der Waals surface area contributed by atoms with E-state index in [1.54, 1.807) is 6.20 Å². The molecule has 2 atom stereocenters. The van der Waals surface area contributed by atoms with Crippen LogP contribution in [-0.2, 0) is 34.4 Å². The summed E-state index contributed by atoms with van der Waals surface area (Å²) in [7, 11) is 0. The molecule has 1 unspecified atom stereocenters. The van der Waals surface area contributed by atoms with Gasteiger partial charge in [-0.3, -0.25) is 14.6 Å². The van der Waals surface area contributed by atoms with E-state index in [2.05, 4.69) is 40.6 Å². The minimum absolute atomic E-state index is 0.0252. The summed E-state index contributed by atoms with van der Waals surface area (Å²) in [5, 5.41) is 4.03. The Morgan fingerprint density at radius 1 is 0.973 bits per heavy atom. The van der Waals surface area contributed by atoms with Crippen LogP contribution >= 0.6 is 0 Å². The summed E-state index contributed by atoms with van der Waals surface area (Å²) >= 11 is 0. The minimum Gasteiger partial charge on any atom is -0.329 e. The Morgan fingerprint density at radius 3 is 2.57 bits per heavy atom. The lowest BCUT2D eigenvalue weighted by Crippen LogP contribution is -2.35. The zero-order chi connectivity index (χ0) is 25.4. The van der Waals surface area contributed by atoms with Gasteiger partial charge >= 0.3 is 0 Å². The third-order valence-electron chi connectivity index (χ3n) is 8.48. The minimum atomic E-state index is -0.595. The summed E-state index contributed by atoms with van der Waals surface area (Å²) in [6.07, 6.45) is 3.82. The first kappa shape index (κ1) is 22.2. The van der Waals surface area contributed by atoms with Gasteiger partial charge in [0.2, 0.25) is 11.8 Å². The van der Waals surface area contributed by atoms with Crippen molar-refractivity contribution in [3.05, 3.63) is 101 Å². The molecule has 1 N–H and O–H groups in total. The van der Waals surface area contributed by atoms with Crippen LogP contribution in [0, 0.1) is 5.41 Å². The summed E-state index contributed by atoms with van der Waals surface area (Å²) in [6, 6.07) is 22.7. The first-order valence-electron chi connectivity index (χ1n) is 12.9. The maximum absolute atomic E-state index is 13.4. The van der Waals surface area contributed by atoms with Crippen LogP contribution in [0.4, 0.5) is 5.82 Å². The van der Waals surface area contributed by atoms with E-state index in [0.717, 1.165) is 39.7 Å². The van der Waals surface area contributed by atoms with E-state index in [1.165, 1.54) is 5.56 Å². The van der Waals surface area contributed by atoms with Crippen molar-refractivity contribution in [3.8, 4) is 0 Å². The van der Waals surface area contributed by atoms with Crippen molar-refractivity contribution in [1.82, 2.24) is 14.9 Å².